The molecule has 1 amide bonds. The van der Waals surface area contributed by atoms with E-state index in [4.69, 9.17) is 0 Å². The molecule has 126 valence electrons. The molecule has 0 saturated carbocycles. The second-order valence-corrected chi connectivity index (χ2v) is 5.98. The predicted octanol–water partition coefficient (Wildman–Crippen LogP) is 4.40. The molecule has 0 bridgehead atoms. The minimum Gasteiger partial charge on any atom is -0.324 e. The van der Waals surface area contributed by atoms with E-state index in [-0.39, 0.29) is 5.91 Å². The van der Waals surface area contributed by atoms with Crippen LogP contribution in [0.5, 0.6) is 0 Å². The Hall–Kier alpha value is -3.21. The number of carbonyl (C=O) groups is 1. The Morgan fingerprint density at radius 3 is 2.36 bits per heavy atom. The van der Waals surface area contributed by atoms with Crippen molar-refractivity contribution in [3.05, 3.63) is 77.1 Å². The van der Waals surface area contributed by atoms with Crippen LogP contribution < -0.4 is 10.6 Å². The van der Waals surface area contributed by atoms with E-state index in [9.17, 15) is 4.79 Å². The Labute approximate surface area is 147 Å². The highest BCUT2D eigenvalue weighted by atomic mass is 16.1. The van der Waals surface area contributed by atoms with Crippen molar-refractivity contribution in [2.45, 2.75) is 20.8 Å². The van der Waals surface area contributed by atoms with E-state index in [0.29, 0.717) is 11.6 Å². The number of aryl methyl sites for hydroxylation is 3. The van der Waals surface area contributed by atoms with E-state index >= 15 is 0 Å². The lowest BCUT2D eigenvalue weighted by Crippen LogP contribution is -2.15. The molecule has 0 aliphatic rings. The van der Waals surface area contributed by atoms with Crippen LogP contribution in [0.4, 0.5) is 17.3 Å². The van der Waals surface area contributed by atoms with E-state index in [0.717, 1.165) is 28.2 Å². The molecule has 1 aromatic heterocycles. The van der Waals surface area contributed by atoms with Crippen molar-refractivity contribution in [1.82, 2.24) is 9.97 Å². The van der Waals surface area contributed by atoms with Gasteiger partial charge >= 0.3 is 0 Å². The first-order valence-electron chi connectivity index (χ1n) is 8.07. The van der Waals surface area contributed by atoms with Gasteiger partial charge in [-0.2, -0.15) is 0 Å². The number of carbonyl (C=O) groups excluding carboxylic acids is 1. The van der Waals surface area contributed by atoms with Crippen LogP contribution >= 0.6 is 0 Å². The van der Waals surface area contributed by atoms with E-state index in [1.54, 1.807) is 6.07 Å². The largest absolute Gasteiger partial charge is 0.324 e. The summed E-state index contributed by atoms with van der Waals surface area (Å²) in [6.07, 6.45) is 0. The molecule has 0 radical (unpaired) electrons. The summed E-state index contributed by atoms with van der Waals surface area (Å²) >= 11 is 0. The molecule has 2 aromatic carbocycles. The van der Waals surface area contributed by atoms with Crippen molar-refractivity contribution in [2.75, 3.05) is 10.6 Å². The van der Waals surface area contributed by atoms with Crippen molar-refractivity contribution >= 4 is 23.2 Å². The number of nitrogens with zero attached hydrogens (tertiary/aromatic N) is 2. The fourth-order valence-corrected chi connectivity index (χ4v) is 2.41. The fourth-order valence-electron chi connectivity index (χ4n) is 2.41. The van der Waals surface area contributed by atoms with Crippen LogP contribution in [0, 0.1) is 20.8 Å². The maximum atomic E-state index is 12.5. The third-order valence-corrected chi connectivity index (χ3v) is 3.79. The van der Waals surface area contributed by atoms with Crippen molar-refractivity contribution in [2.24, 2.45) is 0 Å². The molecule has 3 aromatic rings. The molecule has 2 N–H and O–H groups in total. The predicted molar refractivity (Wildman–Crippen MR) is 100 cm³/mol. The summed E-state index contributed by atoms with van der Waals surface area (Å²) in [5, 5.41) is 6.04. The number of benzene rings is 2. The fraction of sp³-hybridized carbons (Fsp3) is 0.150. The van der Waals surface area contributed by atoms with Crippen molar-refractivity contribution in [3.8, 4) is 0 Å². The number of nitrogens with one attached hydrogen (secondary N) is 2. The minimum absolute atomic E-state index is 0.262. The van der Waals surface area contributed by atoms with Gasteiger partial charge in [-0.3, -0.25) is 4.79 Å². The summed E-state index contributed by atoms with van der Waals surface area (Å²) in [5.41, 5.74) is 4.92. The zero-order chi connectivity index (χ0) is 17.8. The van der Waals surface area contributed by atoms with Crippen LogP contribution in [0.2, 0.25) is 0 Å². The molecule has 1 heterocycles. The number of anilines is 3. The standard InChI is InChI=1S/C20H20N4O/c1-13-8-10-16(11-9-13)22-19(25)18-12-15(3)21-20(24-18)23-17-7-5-4-6-14(17)2/h4-12H,1-3H3,(H,22,25)(H,21,23,24). The summed E-state index contributed by atoms with van der Waals surface area (Å²) in [6.45, 7) is 5.85. The third kappa shape index (κ3) is 4.20. The van der Waals surface area contributed by atoms with Gasteiger partial charge in [0, 0.05) is 17.1 Å². The zero-order valence-corrected chi connectivity index (χ0v) is 14.5. The highest BCUT2D eigenvalue weighted by Gasteiger charge is 2.11. The minimum atomic E-state index is -0.262. The molecule has 5 heteroatoms. The van der Waals surface area contributed by atoms with Gasteiger partial charge in [0.05, 0.1) is 0 Å². The molecular formula is C20H20N4O. The lowest BCUT2D eigenvalue weighted by molar-refractivity contribution is 0.102. The average Bonchev–Trinajstić information content (AvgIpc) is 2.58. The summed E-state index contributed by atoms with van der Waals surface area (Å²) in [5.74, 6) is 0.144. The number of hydrogen-bond acceptors (Lipinski definition) is 4. The number of para-hydroxylation sites is 1. The normalized spacial score (nSPS) is 10.4. The molecular weight excluding hydrogens is 312 g/mol. The molecule has 3 rings (SSSR count). The van der Waals surface area contributed by atoms with Gasteiger partial charge in [0.25, 0.3) is 5.91 Å². The monoisotopic (exact) mass is 332 g/mol. The van der Waals surface area contributed by atoms with Gasteiger partial charge < -0.3 is 10.6 Å². The number of amides is 1. The summed E-state index contributed by atoms with van der Waals surface area (Å²) < 4.78 is 0. The Bertz CT molecular complexity index is 904. The van der Waals surface area contributed by atoms with Crippen LogP contribution in [0.15, 0.2) is 54.6 Å². The first-order valence-corrected chi connectivity index (χ1v) is 8.07. The van der Waals surface area contributed by atoms with Crippen LogP contribution in [-0.4, -0.2) is 15.9 Å². The number of hydrogen-bond donors (Lipinski definition) is 2. The number of rotatable bonds is 4. The van der Waals surface area contributed by atoms with E-state index in [2.05, 4.69) is 20.6 Å². The molecule has 0 atom stereocenters. The molecule has 5 nitrogen and oxygen atoms in total. The maximum Gasteiger partial charge on any atom is 0.274 e. The van der Waals surface area contributed by atoms with Crippen LogP contribution in [0.25, 0.3) is 0 Å². The maximum absolute atomic E-state index is 12.5. The second kappa shape index (κ2) is 7.13. The zero-order valence-electron chi connectivity index (χ0n) is 14.5. The Morgan fingerprint density at radius 1 is 0.920 bits per heavy atom. The van der Waals surface area contributed by atoms with Crippen LogP contribution in [0.1, 0.15) is 27.3 Å². The van der Waals surface area contributed by atoms with Gasteiger partial charge in [-0.1, -0.05) is 35.9 Å². The average molecular weight is 332 g/mol. The van der Waals surface area contributed by atoms with Gasteiger partial charge in [-0.25, -0.2) is 9.97 Å². The summed E-state index contributed by atoms with van der Waals surface area (Å²) in [6, 6.07) is 17.2. The van der Waals surface area contributed by atoms with Gasteiger partial charge in [-0.05, 0) is 50.6 Å². The molecule has 0 saturated heterocycles. The second-order valence-electron chi connectivity index (χ2n) is 5.98. The molecule has 0 fully saturated rings. The van der Waals surface area contributed by atoms with Gasteiger partial charge in [0.15, 0.2) is 0 Å². The third-order valence-electron chi connectivity index (χ3n) is 3.79. The van der Waals surface area contributed by atoms with Crippen molar-refractivity contribution in [3.63, 3.8) is 0 Å². The highest BCUT2D eigenvalue weighted by molar-refractivity contribution is 6.03. The first kappa shape index (κ1) is 16.6. The van der Waals surface area contributed by atoms with Crippen LogP contribution in [-0.2, 0) is 0 Å². The van der Waals surface area contributed by atoms with Crippen molar-refractivity contribution in [1.29, 1.82) is 0 Å². The Kier molecular flexibility index (Phi) is 4.75. The molecule has 0 unspecified atom stereocenters. The lowest BCUT2D eigenvalue weighted by Gasteiger charge is -2.10. The highest BCUT2D eigenvalue weighted by Crippen LogP contribution is 2.18. The molecule has 0 aliphatic carbocycles. The van der Waals surface area contributed by atoms with Gasteiger partial charge in [0.2, 0.25) is 5.95 Å². The molecule has 0 aliphatic heterocycles. The topological polar surface area (TPSA) is 66.9 Å². The number of aromatic nitrogens is 2. The summed E-state index contributed by atoms with van der Waals surface area (Å²) in [7, 11) is 0. The lowest BCUT2D eigenvalue weighted by atomic mass is 10.2. The van der Waals surface area contributed by atoms with E-state index in [1.165, 1.54) is 0 Å². The SMILES string of the molecule is Cc1ccc(NC(=O)c2cc(C)nc(Nc3ccccc3C)n2)cc1. The Morgan fingerprint density at radius 2 is 1.64 bits per heavy atom. The summed E-state index contributed by atoms with van der Waals surface area (Å²) in [4.78, 5) is 21.2. The van der Waals surface area contributed by atoms with E-state index < -0.39 is 0 Å². The van der Waals surface area contributed by atoms with Crippen molar-refractivity contribution < 1.29 is 4.79 Å². The quantitative estimate of drug-likeness (QED) is 0.743. The van der Waals surface area contributed by atoms with Gasteiger partial charge in [0.1, 0.15) is 5.69 Å². The first-order chi connectivity index (χ1) is 12.0. The van der Waals surface area contributed by atoms with E-state index in [1.807, 2.05) is 69.3 Å². The Balaban J connectivity index is 1.82. The molecule has 25 heavy (non-hydrogen) atoms. The smallest absolute Gasteiger partial charge is 0.274 e. The van der Waals surface area contributed by atoms with Gasteiger partial charge in [-0.15, -0.1) is 0 Å². The molecule has 0 spiro atoms. The van der Waals surface area contributed by atoms with Crippen LogP contribution in [0.3, 0.4) is 0 Å².